The summed E-state index contributed by atoms with van der Waals surface area (Å²) in [4.78, 5) is 37.6. The van der Waals surface area contributed by atoms with Crippen LogP contribution in [0.2, 0.25) is 0 Å². The van der Waals surface area contributed by atoms with E-state index in [-0.39, 0.29) is 11.8 Å². The molecular formula is C21H22N6O3. The van der Waals surface area contributed by atoms with Crippen molar-refractivity contribution in [3.05, 3.63) is 72.0 Å². The van der Waals surface area contributed by atoms with E-state index in [0.29, 0.717) is 43.5 Å². The van der Waals surface area contributed by atoms with E-state index in [4.69, 9.17) is 4.52 Å². The SMILES string of the molecule is Cc1cc(NC(=O)C(c2ccccc2)N2CCN(C(=O)c3cnccn3)CC2)no1. The predicted molar refractivity (Wildman–Crippen MR) is 109 cm³/mol. The van der Waals surface area contributed by atoms with Crippen LogP contribution in [0.3, 0.4) is 0 Å². The topological polar surface area (TPSA) is 104 Å². The van der Waals surface area contributed by atoms with Crippen molar-refractivity contribution in [2.45, 2.75) is 13.0 Å². The fourth-order valence-electron chi connectivity index (χ4n) is 3.54. The smallest absolute Gasteiger partial charge is 0.274 e. The lowest BCUT2D eigenvalue weighted by atomic mass is 10.0. The quantitative estimate of drug-likeness (QED) is 0.690. The van der Waals surface area contributed by atoms with Gasteiger partial charge in [-0.2, -0.15) is 0 Å². The van der Waals surface area contributed by atoms with E-state index in [1.165, 1.54) is 18.6 Å². The number of aryl methyl sites for hydroxylation is 1. The predicted octanol–water partition coefficient (Wildman–Crippen LogP) is 1.91. The van der Waals surface area contributed by atoms with Gasteiger partial charge in [-0.3, -0.25) is 19.5 Å². The number of hydrogen-bond donors (Lipinski definition) is 1. The largest absolute Gasteiger partial charge is 0.360 e. The Morgan fingerprint density at radius 1 is 1.10 bits per heavy atom. The maximum Gasteiger partial charge on any atom is 0.274 e. The molecule has 4 rings (SSSR count). The minimum Gasteiger partial charge on any atom is -0.360 e. The Balaban J connectivity index is 1.48. The van der Waals surface area contributed by atoms with Crippen LogP contribution in [0.1, 0.15) is 27.9 Å². The number of carbonyl (C=O) groups excluding carboxylic acids is 2. The van der Waals surface area contributed by atoms with Gasteiger partial charge in [-0.1, -0.05) is 35.5 Å². The van der Waals surface area contributed by atoms with Gasteiger partial charge in [0.25, 0.3) is 5.91 Å². The molecule has 0 aliphatic carbocycles. The van der Waals surface area contributed by atoms with Crippen LogP contribution in [0.5, 0.6) is 0 Å². The highest BCUT2D eigenvalue weighted by molar-refractivity contribution is 5.95. The molecule has 1 saturated heterocycles. The molecule has 154 valence electrons. The summed E-state index contributed by atoms with van der Waals surface area (Å²) < 4.78 is 5.05. The first-order valence-electron chi connectivity index (χ1n) is 9.70. The lowest BCUT2D eigenvalue weighted by molar-refractivity contribution is -0.122. The normalized spacial score (nSPS) is 15.6. The molecule has 0 radical (unpaired) electrons. The van der Waals surface area contributed by atoms with E-state index in [0.717, 1.165) is 5.56 Å². The van der Waals surface area contributed by atoms with Gasteiger partial charge in [0.15, 0.2) is 5.82 Å². The molecule has 0 saturated carbocycles. The molecule has 1 N–H and O–H groups in total. The summed E-state index contributed by atoms with van der Waals surface area (Å²) in [5.74, 6) is 0.664. The van der Waals surface area contributed by atoms with E-state index < -0.39 is 6.04 Å². The van der Waals surface area contributed by atoms with Gasteiger partial charge >= 0.3 is 0 Å². The molecule has 2 amide bonds. The first-order chi connectivity index (χ1) is 14.6. The van der Waals surface area contributed by atoms with Crippen LogP contribution in [0.4, 0.5) is 5.82 Å². The van der Waals surface area contributed by atoms with Crippen molar-refractivity contribution in [1.29, 1.82) is 0 Å². The number of amides is 2. The molecular weight excluding hydrogens is 384 g/mol. The molecule has 0 spiro atoms. The zero-order valence-electron chi connectivity index (χ0n) is 16.6. The van der Waals surface area contributed by atoms with Crippen LogP contribution < -0.4 is 5.32 Å². The zero-order chi connectivity index (χ0) is 20.9. The summed E-state index contributed by atoms with van der Waals surface area (Å²) in [5, 5.41) is 6.69. The Morgan fingerprint density at radius 2 is 1.87 bits per heavy atom. The number of hydrogen-bond acceptors (Lipinski definition) is 7. The number of carbonyl (C=O) groups is 2. The highest BCUT2D eigenvalue weighted by Gasteiger charge is 2.32. The second-order valence-electron chi connectivity index (χ2n) is 7.04. The van der Waals surface area contributed by atoms with Crippen molar-refractivity contribution < 1.29 is 14.1 Å². The standard InChI is InChI=1S/C21H22N6O3/c1-15-13-18(25-30-15)24-20(28)19(16-5-3-2-4-6-16)26-9-11-27(12-10-26)21(29)17-14-22-7-8-23-17/h2-8,13-14,19H,9-12H2,1H3,(H,24,25,28). The van der Waals surface area contributed by atoms with Gasteiger partial charge in [-0.15, -0.1) is 0 Å². The molecule has 2 aromatic heterocycles. The minimum atomic E-state index is -0.503. The van der Waals surface area contributed by atoms with E-state index in [1.54, 1.807) is 17.9 Å². The van der Waals surface area contributed by atoms with Gasteiger partial charge in [0.05, 0.1) is 6.20 Å². The van der Waals surface area contributed by atoms with Crippen molar-refractivity contribution >= 4 is 17.6 Å². The molecule has 1 unspecified atom stereocenters. The molecule has 1 aliphatic rings. The summed E-state index contributed by atoms with van der Waals surface area (Å²) in [6.45, 7) is 3.86. The second-order valence-corrected chi connectivity index (χ2v) is 7.04. The average Bonchev–Trinajstić information content (AvgIpc) is 3.19. The zero-order valence-corrected chi connectivity index (χ0v) is 16.6. The molecule has 1 aliphatic heterocycles. The monoisotopic (exact) mass is 406 g/mol. The van der Waals surface area contributed by atoms with Crippen LogP contribution in [-0.4, -0.2) is 62.9 Å². The summed E-state index contributed by atoms with van der Waals surface area (Å²) in [7, 11) is 0. The van der Waals surface area contributed by atoms with E-state index in [1.807, 2.05) is 30.3 Å². The molecule has 9 nitrogen and oxygen atoms in total. The van der Waals surface area contributed by atoms with Crippen LogP contribution >= 0.6 is 0 Å². The maximum atomic E-state index is 13.1. The summed E-state index contributed by atoms with van der Waals surface area (Å²) in [6, 6.07) is 10.8. The van der Waals surface area contributed by atoms with E-state index >= 15 is 0 Å². The molecule has 0 bridgehead atoms. The first-order valence-corrected chi connectivity index (χ1v) is 9.70. The van der Waals surface area contributed by atoms with Crippen LogP contribution in [0, 0.1) is 6.92 Å². The average molecular weight is 406 g/mol. The molecule has 1 atom stereocenters. The Hall–Kier alpha value is -3.59. The van der Waals surface area contributed by atoms with Crippen molar-refractivity contribution in [2.24, 2.45) is 0 Å². The van der Waals surface area contributed by atoms with Gasteiger partial charge in [0.2, 0.25) is 5.91 Å². The van der Waals surface area contributed by atoms with Crippen molar-refractivity contribution in [1.82, 2.24) is 24.9 Å². The fraction of sp³-hybridized carbons (Fsp3) is 0.286. The van der Waals surface area contributed by atoms with E-state index in [9.17, 15) is 9.59 Å². The molecule has 1 aromatic carbocycles. The lowest BCUT2D eigenvalue weighted by Gasteiger charge is -2.38. The van der Waals surface area contributed by atoms with E-state index in [2.05, 4.69) is 25.3 Å². The number of aromatic nitrogens is 3. The number of benzene rings is 1. The Morgan fingerprint density at radius 3 is 2.50 bits per heavy atom. The Labute approximate surface area is 173 Å². The highest BCUT2D eigenvalue weighted by Crippen LogP contribution is 2.24. The first kappa shape index (κ1) is 19.7. The number of anilines is 1. The third-order valence-corrected chi connectivity index (χ3v) is 4.99. The minimum absolute atomic E-state index is 0.151. The molecule has 30 heavy (non-hydrogen) atoms. The summed E-state index contributed by atoms with van der Waals surface area (Å²) in [5.41, 5.74) is 1.20. The summed E-state index contributed by atoms with van der Waals surface area (Å²) >= 11 is 0. The van der Waals surface area contributed by atoms with Crippen molar-refractivity contribution in [3.63, 3.8) is 0 Å². The molecule has 1 fully saturated rings. The molecule has 3 heterocycles. The number of nitrogens with zero attached hydrogens (tertiary/aromatic N) is 5. The van der Waals surface area contributed by atoms with Crippen LogP contribution in [0.25, 0.3) is 0 Å². The Bertz CT molecular complexity index is 1000. The van der Waals surface area contributed by atoms with Gasteiger partial charge in [-0.25, -0.2) is 4.98 Å². The van der Waals surface area contributed by atoms with Gasteiger partial charge < -0.3 is 14.7 Å². The third kappa shape index (κ3) is 4.36. The van der Waals surface area contributed by atoms with Crippen molar-refractivity contribution in [2.75, 3.05) is 31.5 Å². The van der Waals surface area contributed by atoms with Gasteiger partial charge in [-0.05, 0) is 12.5 Å². The fourth-order valence-corrected chi connectivity index (χ4v) is 3.54. The highest BCUT2D eigenvalue weighted by atomic mass is 16.5. The molecule has 3 aromatic rings. The second kappa shape index (κ2) is 8.83. The summed E-state index contributed by atoms with van der Waals surface area (Å²) in [6.07, 6.45) is 4.51. The lowest BCUT2D eigenvalue weighted by Crippen LogP contribution is -2.51. The Kier molecular flexibility index (Phi) is 5.80. The number of rotatable bonds is 5. The van der Waals surface area contributed by atoms with Gasteiger partial charge in [0.1, 0.15) is 17.5 Å². The number of nitrogens with one attached hydrogen (secondary N) is 1. The van der Waals surface area contributed by atoms with Gasteiger partial charge in [0, 0.05) is 44.6 Å². The van der Waals surface area contributed by atoms with Crippen molar-refractivity contribution in [3.8, 4) is 0 Å². The molecule has 9 heteroatoms. The van der Waals surface area contributed by atoms with Crippen LogP contribution in [0.15, 0.2) is 59.5 Å². The number of piperazine rings is 1. The third-order valence-electron chi connectivity index (χ3n) is 4.99. The maximum absolute atomic E-state index is 13.1. The van der Waals surface area contributed by atoms with Crippen LogP contribution in [-0.2, 0) is 4.79 Å².